The van der Waals surface area contributed by atoms with Gasteiger partial charge in [0, 0.05) is 35.9 Å². The molecule has 7 aromatic rings. The van der Waals surface area contributed by atoms with Crippen molar-refractivity contribution in [3.05, 3.63) is 71.8 Å². The third kappa shape index (κ3) is 12.7. The SMILES string of the molecule is COCCSc1nnc(N=Nc2cc(OCCO)c(N=Nc3c(SOOO)cc4cc(N=Nc5c(C)c(C#N)c6nc7ccccc7n6c5O)ccc4c3O)cc2OCCO)s1.CS(=O)(=O)O. The van der Waals surface area contributed by atoms with Crippen LogP contribution in [0.2, 0.25) is 0 Å². The molecular weight excluding hydrogens is 959 g/mol. The fourth-order valence-electron chi connectivity index (χ4n) is 5.89. The zero-order chi connectivity index (χ0) is 48.1. The summed E-state index contributed by atoms with van der Waals surface area (Å²) >= 11 is 3.19. The molecule has 3 aromatic heterocycles. The van der Waals surface area contributed by atoms with Crippen LogP contribution in [0, 0.1) is 18.3 Å². The number of fused-ring (bicyclic) bond motifs is 4. The highest BCUT2D eigenvalue weighted by Crippen LogP contribution is 2.47. The van der Waals surface area contributed by atoms with E-state index in [1.54, 1.807) is 62.6 Å². The molecule has 0 saturated heterocycles. The molecule has 0 atom stereocenters. The maximum atomic E-state index is 11.6. The Bertz CT molecular complexity index is 3130. The van der Waals surface area contributed by atoms with Crippen molar-refractivity contribution < 1.29 is 62.2 Å². The number of aromatic hydroxyl groups is 2. The number of benzene rings is 4. The topological polar surface area (TPSA) is 343 Å². The lowest BCUT2D eigenvalue weighted by Gasteiger charge is -2.13. The number of nitrogens with zero attached hydrogens (tertiary/aromatic N) is 11. The second-order valence-corrected chi connectivity index (χ2v) is 17.7. The van der Waals surface area contributed by atoms with Gasteiger partial charge in [0.25, 0.3) is 15.2 Å². The smallest absolute Gasteiger partial charge is 0.261 e. The van der Waals surface area contributed by atoms with Crippen LogP contribution in [0.1, 0.15) is 11.1 Å². The van der Waals surface area contributed by atoms with E-state index in [4.69, 9.17) is 28.4 Å². The summed E-state index contributed by atoms with van der Waals surface area (Å²) in [5.74, 6) is 0.311. The third-order valence-electron chi connectivity index (χ3n) is 8.65. The summed E-state index contributed by atoms with van der Waals surface area (Å²) < 4.78 is 49.3. The number of hydrogen-bond donors (Lipinski definition) is 6. The number of phenolic OH excluding ortho intramolecular Hbond substituents is 1. The first-order valence-corrected chi connectivity index (χ1v) is 23.4. The number of hydrogen-bond acceptors (Lipinski definition) is 25. The zero-order valence-corrected chi connectivity index (χ0v) is 38.4. The lowest BCUT2D eigenvalue weighted by molar-refractivity contribution is -0.432. The molecule has 0 unspecified atom stereocenters. The molecule has 0 bridgehead atoms. The highest BCUT2D eigenvalue weighted by molar-refractivity contribution is 8.01. The number of ether oxygens (including phenoxy) is 3. The fraction of sp³-hybridized carbons (Fsp3) is 0.231. The number of rotatable bonds is 19. The van der Waals surface area contributed by atoms with Gasteiger partial charge in [-0.05, 0) is 48.7 Å². The Morgan fingerprint density at radius 3 is 2.21 bits per heavy atom. The molecule has 0 fully saturated rings. The molecule has 3 heterocycles. The predicted octanol–water partition coefficient (Wildman–Crippen LogP) is 8.74. The number of azo groups is 3. The van der Waals surface area contributed by atoms with E-state index in [2.05, 4.69) is 57.0 Å². The van der Waals surface area contributed by atoms with Crippen molar-refractivity contribution in [3.63, 3.8) is 0 Å². The quantitative estimate of drug-likeness (QED) is 0.00838. The number of phenols is 1. The number of para-hydroxylation sites is 2. The number of aliphatic hydroxyl groups excluding tert-OH is 2. The van der Waals surface area contributed by atoms with Gasteiger partial charge in [0.05, 0.1) is 59.7 Å². The molecule has 0 radical (unpaired) electrons. The van der Waals surface area contributed by atoms with E-state index in [-0.39, 0.29) is 93.5 Å². The average molecular weight is 996 g/mol. The Labute approximate surface area is 391 Å². The molecule has 28 heteroatoms. The Balaban J connectivity index is 0.00000141. The van der Waals surface area contributed by atoms with Crippen LogP contribution < -0.4 is 9.47 Å². The average Bonchev–Trinajstić information content (AvgIpc) is 3.93. The summed E-state index contributed by atoms with van der Waals surface area (Å²) in [6.45, 7) is 1.28. The molecule has 0 spiro atoms. The maximum Gasteiger partial charge on any atom is 0.261 e. The van der Waals surface area contributed by atoms with E-state index in [1.165, 1.54) is 39.6 Å². The molecule has 4 aromatic carbocycles. The van der Waals surface area contributed by atoms with E-state index < -0.39 is 10.1 Å². The first kappa shape index (κ1) is 49.9. The Morgan fingerprint density at radius 2 is 1.55 bits per heavy atom. The molecule has 0 aliphatic heterocycles. The summed E-state index contributed by atoms with van der Waals surface area (Å²) in [4.78, 5) is 4.65. The molecule has 6 N–H and O–H groups in total. The minimum Gasteiger partial charge on any atom is -0.505 e. The summed E-state index contributed by atoms with van der Waals surface area (Å²) in [7, 11) is -2.06. The first-order valence-electron chi connectivity index (χ1n) is 19.0. The molecular formula is C39H37N11O13S4. The minimum absolute atomic E-state index is 0.0583. The second-order valence-electron chi connectivity index (χ2n) is 13.2. The van der Waals surface area contributed by atoms with Gasteiger partial charge in [-0.15, -0.1) is 40.1 Å². The van der Waals surface area contributed by atoms with Gasteiger partial charge in [0.1, 0.15) is 53.4 Å². The van der Waals surface area contributed by atoms with E-state index in [0.717, 1.165) is 0 Å². The Hall–Kier alpha value is -6.49. The van der Waals surface area contributed by atoms with Crippen LogP contribution in [0.4, 0.5) is 33.6 Å². The molecule has 0 aliphatic rings. The summed E-state index contributed by atoms with van der Waals surface area (Å²) in [5.41, 5.74) is 2.55. The summed E-state index contributed by atoms with van der Waals surface area (Å²) in [5, 5.41) is 99.7. The number of pyridine rings is 1. The van der Waals surface area contributed by atoms with Crippen molar-refractivity contribution >= 4 is 106 Å². The minimum atomic E-state index is -3.67. The van der Waals surface area contributed by atoms with Gasteiger partial charge in [0.2, 0.25) is 5.88 Å². The highest BCUT2D eigenvalue weighted by atomic mass is 32.2. The molecule has 67 heavy (non-hydrogen) atoms. The Morgan fingerprint density at radius 1 is 0.881 bits per heavy atom. The monoisotopic (exact) mass is 995 g/mol. The summed E-state index contributed by atoms with van der Waals surface area (Å²) in [6, 6.07) is 18.4. The van der Waals surface area contributed by atoms with Crippen LogP contribution >= 0.6 is 35.1 Å². The van der Waals surface area contributed by atoms with Gasteiger partial charge in [0.15, 0.2) is 21.4 Å². The predicted molar refractivity (Wildman–Crippen MR) is 244 cm³/mol. The standard InChI is InChI=1S/C38H33N11O10S3.CH4O3S/c1-20-24(19-39)35-40-25-5-3-4-6-28(25)49(35)36(53)32(20)44-41-22-7-8-23-21(15-22)16-31(62-59-58-54)33(34(23)52)45-42-26-17-30(57-12-10-51)27(18-29(26)56-11-9-50)43-46-37-47-48-38(61-37)60-14-13-55-2;1-5(2,3)4/h3-8,15-18,50-54H,9-14H2,1-2H3;1H3,(H,2,3,4). The van der Waals surface area contributed by atoms with Crippen molar-refractivity contribution in [1.82, 2.24) is 19.6 Å². The van der Waals surface area contributed by atoms with Gasteiger partial charge in [-0.25, -0.2) is 10.2 Å². The van der Waals surface area contributed by atoms with Crippen molar-refractivity contribution in [1.29, 1.82) is 5.26 Å². The maximum absolute atomic E-state index is 11.6. The van der Waals surface area contributed by atoms with Gasteiger partial charge < -0.3 is 34.6 Å². The van der Waals surface area contributed by atoms with Crippen LogP contribution in [0.25, 0.3) is 27.5 Å². The molecule has 0 aliphatic carbocycles. The van der Waals surface area contributed by atoms with Crippen LogP contribution in [-0.4, -0.2) is 110 Å². The van der Waals surface area contributed by atoms with Gasteiger partial charge in [-0.2, -0.15) is 18.8 Å². The van der Waals surface area contributed by atoms with Crippen LogP contribution in [0.15, 0.2) is 101 Å². The van der Waals surface area contributed by atoms with Crippen molar-refractivity contribution in [2.45, 2.75) is 16.2 Å². The van der Waals surface area contributed by atoms with Crippen LogP contribution in [-0.2, 0) is 24.2 Å². The largest absolute Gasteiger partial charge is 0.505 e. The lowest BCUT2D eigenvalue weighted by Crippen LogP contribution is -2.04. The first-order chi connectivity index (χ1) is 32.3. The van der Waals surface area contributed by atoms with E-state index >= 15 is 0 Å². The van der Waals surface area contributed by atoms with Crippen molar-refractivity contribution in [2.24, 2.45) is 30.7 Å². The molecule has 0 saturated carbocycles. The number of imidazole rings is 1. The number of aliphatic hydroxyl groups is 2. The second kappa shape index (κ2) is 23.3. The van der Waals surface area contributed by atoms with E-state index in [1.807, 2.05) is 0 Å². The number of thioether (sulfide) groups is 1. The lowest BCUT2D eigenvalue weighted by atomic mass is 10.1. The van der Waals surface area contributed by atoms with Gasteiger partial charge in [-0.1, -0.05) is 40.3 Å². The number of nitriles is 1. The molecule has 7 rings (SSSR count). The molecule has 0 amide bonds. The molecule has 350 valence electrons. The van der Waals surface area contributed by atoms with Crippen LogP contribution in [0.3, 0.4) is 0 Å². The van der Waals surface area contributed by atoms with E-state index in [0.29, 0.717) is 68.1 Å². The fourth-order valence-corrected chi connectivity index (χ4v) is 8.02. The summed E-state index contributed by atoms with van der Waals surface area (Å²) in [6.07, 6.45) is 0.715. The highest BCUT2D eigenvalue weighted by Gasteiger charge is 2.22. The van der Waals surface area contributed by atoms with Gasteiger partial charge >= 0.3 is 0 Å². The van der Waals surface area contributed by atoms with Gasteiger partial charge in [-0.3, -0.25) is 8.95 Å². The Kier molecular flexibility index (Phi) is 17.4. The normalized spacial score (nSPS) is 11.9. The van der Waals surface area contributed by atoms with E-state index in [9.17, 15) is 34.1 Å². The number of aromatic nitrogens is 4. The third-order valence-corrected chi connectivity index (χ3v) is 11.2. The number of methoxy groups -OCH3 is 1. The molecule has 24 nitrogen and oxygen atoms in total. The zero-order valence-electron chi connectivity index (χ0n) is 35.1. The van der Waals surface area contributed by atoms with Crippen molar-refractivity contribution in [3.8, 4) is 29.2 Å². The van der Waals surface area contributed by atoms with Crippen molar-refractivity contribution in [2.75, 3.05) is 52.2 Å². The van der Waals surface area contributed by atoms with Crippen LogP contribution in [0.5, 0.6) is 23.1 Å².